The van der Waals surface area contributed by atoms with E-state index in [-0.39, 0.29) is 17.7 Å². The largest absolute Gasteiger partial charge is 0.306 e. The van der Waals surface area contributed by atoms with Crippen LogP contribution in [0.15, 0.2) is 50.3 Å². The summed E-state index contributed by atoms with van der Waals surface area (Å²) in [5, 5.41) is 0. The fourth-order valence-corrected chi connectivity index (χ4v) is 2.87. The van der Waals surface area contributed by atoms with Gasteiger partial charge in [0.15, 0.2) is 5.78 Å². The lowest BCUT2D eigenvalue weighted by Gasteiger charge is -2.07. The Morgan fingerprint density at radius 2 is 1.95 bits per heavy atom. The summed E-state index contributed by atoms with van der Waals surface area (Å²) in [5.41, 5.74) is -0.363. The predicted octanol–water partition coefficient (Wildman–Crippen LogP) is 3.40. The van der Waals surface area contributed by atoms with Crippen LogP contribution in [0.1, 0.15) is 10.4 Å². The van der Waals surface area contributed by atoms with E-state index in [1.54, 1.807) is 12.1 Å². The van der Waals surface area contributed by atoms with Crippen LogP contribution in [0.2, 0.25) is 0 Å². The topological polar surface area (TPSA) is 39.1 Å². The Labute approximate surface area is 125 Å². The minimum absolute atomic E-state index is 0.0227. The summed E-state index contributed by atoms with van der Waals surface area (Å²) in [7, 11) is 0. The van der Waals surface area contributed by atoms with Crippen LogP contribution in [0, 0.1) is 5.82 Å². The summed E-state index contributed by atoms with van der Waals surface area (Å²) < 4.78 is 15.7. The van der Waals surface area contributed by atoms with Crippen molar-refractivity contribution in [3.63, 3.8) is 0 Å². The average Bonchev–Trinajstić information content (AvgIpc) is 2.35. The van der Waals surface area contributed by atoms with Crippen molar-refractivity contribution in [3.05, 3.63) is 67.2 Å². The number of aromatic nitrogens is 1. The third-order valence-electron chi connectivity index (χ3n) is 2.50. The van der Waals surface area contributed by atoms with Crippen molar-refractivity contribution in [1.29, 1.82) is 0 Å². The fraction of sp³-hybridized carbons (Fsp3) is 0.0769. The third-order valence-corrected chi connectivity index (χ3v) is 3.50. The second-order valence-corrected chi connectivity index (χ2v) is 5.61. The summed E-state index contributed by atoms with van der Waals surface area (Å²) >= 11 is 6.34. The van der Waals surface area contributed by atoms with Gasteiger partial charge in [-0.05, 0) is 50.1 Å². The van der Waals surface area contributed by atoms with E-state index >= 15 is 0 Å². The molecule has 19 heavy (non-hydrogen) atoms. The monoisotopic (exact) mass is 387 g/mol. The first-order valence-corrected chi connectivity index (χ1v) is 6.91. The van der Waals surface area contributed by atoms with Crippen LogP contribution in [0.25, 0.3) is 0 Å². The lowest BCUT2D eigenvalue weighted by atomic mass is 10.1. The van der Waals surface area contributed by atoms with Crippen LogP contribution in [-0.4, -0.2) is 10.4 Å². The number of halogens is 3. The summed E-state index contributed by atoms with van der Waals surface area (Å²) in [5.74, 6) is -1.04. The van der Waals surface area contributed by atoms with Crippen molar-refractivity contribution >= 4 is 37.6 Å². The van der Waals surface area contributed by atoms with Gasteiger partial charge < -0.3 is 4.57 Å². The quantitative estimate of drug-likeness (QED) is 0.756. The first-order valence-electron chi connectivity index (χ1n) is 5.32. The first-order chi connectivity index (χ1) is 8.99. The minimum Gasteiger partial charge on any atom is -0.306 e. The van der Waals surface area contributed by atoms with Crippen LogP contribution in [-0.2, 0) is 6.54 Å². The molecule has 1 aromatic heterocycles. The van der Waals surface area contributed by atoms with Gasteiger partial charge in [-0.15, -0.1) is 0 Å². The third kappa shape index (κ3) is 3.19. The highest BCUT2D eigenvalue weighted by atomic mass is 79.9. The molecule has 0 spiro atoms. The molecule has 98 valence electrons. The molecule has 0 aliphatic rings. The Morgan fingerprint density at radius 3 is 2.63 bits per heavy atom. The summed E-state index contributed by atoms with van der Waals surface area (Å²) in [4.78, 5) is 23.8. The molecule has 0 aliphatic carbocycles. The van der Waals surface area contributed by atoms with Crippen LogP contribution in [0.5, 0.6) is 0 Å². The molecule has 2 rings (SSSR count). The van der Waals surface area contributed by atoms with E-state index in [0.29, 0.717) is 8.95 Å². The fourth-order valence-electron chi connectivity index (χ4n) is 1.61. The Balaban J connectivity index is 2.35. The molecule has 6 heteroatoms. The zero-order valence-electron chi connectivity index (χ0n) is 9.57. The number of pyridine rings is 1. The molecule has 3 nitrogen and oxygen atoms in total. The van der Waals surface area contributed by atoms with Crippen molar-refractivity contribution in [2.24, 2.45) is 0 Å². The van der Waals surface area contributed by atoms with Gasteiger partial charge in [0.2, 0.25) is 0 Å². The number of carbonyl (C=O) groups excluding carboxylic acids is 1. The summed E-state index contributed by atoms with van der Waals surface area (Å²) in [6.07, 6.45) is 1.49. The second-order valence-electron chi connectivity index (χ2n) is 3.84. The molecule has 2 aromatic rings. The highest BCUT2D eigenvalue weighted by Crippen LogP contribution is 2.14. The molecule has 1 aromatic carbocycles. The SMILES string of the molecule is O=C(Cn1cc(Br)cc(Br)c1=O)c1ccccc1F. The lowest BCUT2D eigenvalue weighted by molar-refractivity contribution is 0.0967. The molecule has 0 fully saturated rings. The number of Topliss-reactive ketones (excluding diaryl/α,β-unsaturated/α-hetero) is 1. The molecule has 0 saturated carbocycles. The molecule has 0 aliphatic heterocycles. The molecule has 0 amide bonds. The Hall–Kier alpha value is -1.27. The number of ketones is 1. The number of hydrogen-bond acceptors (Lipinski definition) is 2. The van der Waals surface area contributed by atoms with Crippen LogP contribution >= 0.6 is 31.9 Å². The molecular weight excluding hydrogens is 381 g/mol. The van der Waals surface area contributed by atoms with E-state index < -0.39 is 11.6 Å². The zero-order valence-corrected chi connectivity index (χ0v) is 12.7. The molecule has 1 heterocycles. The Bertz CT molecular complexity index is 697. The van der Waals surface area contributed by atoms with Gasteiger partial charge in [0.1, 0.15) is 5.82 Å². The molecule has 0 bridgehead atoms. The van der Waals surface area contributed by atoms with Gasteiger partial charge in [-0.1, -0.05) is 12.1 Å². The summed E-state index contributed by atoms with van der Waals surface area (Å²) in [6.45, 7) is -0.211. The lowest BCUT2D eigenvalue weighted by Crippen LogP contribution is -2.24. The van der Waals surface area contributed by atoms with E-state index in [1.165, 1.54) is 29.0 Å². The van der Waals surface area contributed by atoms with Crippen molar-refractivity contribution in [3.8, 4) is 0 Å². The highest BCUT2D eigenvalue weighted by Gasteiger charge is 2.13. The van der Waals surface area contributed by atoms with E-state index in [4.69, 9.17) is 0 Å². The van der Waals surface area contributed by atoms with E-state index in [9.17, 15) is 14.0 Å². The predicted molar refractivity (Wildman–Crippen MR) is 76.8 cm³/mol. The van der Waals surface area contributed by atoms with Gasteiger partial charge in [0.05, 0.1) is 16.6 Å². The van der Waals surface area contributed by atoms with E-state index in [2.05, 4.69) is 31.9 Å². The van der Waals surface area contributed by atoms with Gasteiger partial charge in [-0.3, -0.25) is 9.59 Å². The van der Waals surface area contributed by atoms with Gasteiger partial charge in [0.25, 0.3) is 5.56 Å². The van der Waals surface area contributed by atoms with Crippen LogP contribution in [0.4, 0.5) is 4.39 Å². The standard InChI is InChI=1S/C13H8Br2FNO2/c14-8-5-10(15)13(19)17(6-8)7-12(18)9-3-1-2-4-11(9)16/h1-6H,7H2. The maximum absolute atomic E-state index is 13.5. The first kappa shape index (κ1) is 14.1. The van der Waals surface area contributed by atoms with E-state index in [1.807, 2.05) is 0 Å². The van der Waals surface area contributed by atoms with Crippen molar-refractivity contribution in [2.45, 2.75) is 6.54 Å². The molecular formula is C13H8Br2FNO2. The van der Waals surface area contributed by atoms with Gasteiger partial charge >= 0.3 is 0 Å². The summed E-state index contributed by atoms with van der Waals surface area (Å²) in [6, 6.07) is 7.29. The maximum atomic E-state index is 13.5. The normalized spacial score (nSPS) is 10.5. The second kappa shape index (κ2) is 5.79. The van der Waals surface area contributed by atoms with Gasteiger partial charge in [0, 0.05) is 10.7 Å². The van der Waals surface area contributed by atoms with Gasteiger partial charge in [-0.2, -0.15) is 0 Å². The highest BCUT2D eigenvalue weighted by molar-refractivity contribution is 9.11. The molecule has 0 unspecified atom stereocenters. The molecule has 0 N–H and O–H groups in total. The van der Waals surface area contributed by atoms with E-state index in [0.717, 1.165) is 0 Å². The number of nitrogens with zero attached hydrogens (tertiary/aromatic N) is 1. The van der Waals surface area contributed by atoms with Gasteiger partial charge in [-0.25, -0.2) is 4.39 Å². The number of hydrogen-bond donors (Lipinski definition) is 0. The van der Waals surface area contributed by atoms with Crippen LogP contribution in [0.3, 0.4) is 0 Å². The Morgan fingerprint density at radius 1 is 1.26 bits per heavy atom. The van der Waals surface area contributed by atoms with Crippen molar-refractivity contribution < 1.29 is 9.18 Å². The zero-order chi connectivity index (χ0) is 14.0. The number of benzene rings is 1. The van der Waals surface area contributed by atoms with Crippen LogP contribution < -0.4 is 5.56 Å². The number of carbonyl (C=O) groups is 1. The molecule has 0 saturated heterocycles. The molecule has 0 radical (unpaired) electrons. The van der Waals surface area contributed by atoms with Crippen molar-refractivity contribution in [1.82, 2.24) is 4.57 Å². The number of rotatable bonds is 3. The maximum Gasteiger partial charge on any atom is 0.265 e. The Kier molecular flexibility index (Phi) is 4.31. The smallest absolute Gasteiger partial charge is 0.265 e. The average molecular weight is 389 g/mol. The molecule has 0 atom stereocenters. The van der Waals surface area contributed by atoms with Crippen molar-refractivity contribution in [2.75, 3.05) is 0 Å². The minimum atomic E-state index is -0.588.